The molecule has 7 heteroatoms. The number of hydrogen-bond donors (Lipinski definition) is 2. The summed E-state index contributed by atoms with van der Waals surface area (Å²) in [6, 6.07) is 17.4. The van der Waals surface area contributed by atoms with Gasteiger partial charge in [-0.1, -0.05) is 30.3 Å². The molecule has 4 rings (SSSR count). The van der Waals surface area contributed by atoms with E-state index in [0.717, 1.165) is 16.6 Å². The molecule has 0 aliphatic carbocycles. The number of nitro benzene ring substituents is 1. The second kappa shape index (κ2) is 8.02. The Morgan fingerprint density at radius 3 is 2.42 bits per heavy atom. The van der Waals surface area contributed by atoms with Crippen LogP contribution in [0.15, 0.2) is 66.7 Å². The summed E-state index contributed by atoms with van der Waals surface area (Å²) in [5, 5.41) is 26.3. The topological polar surface area (TPSA) is 88.3 Å². The van der Waals surface area contributed by atoms with Crippen LogP contribution >= 0.6 is 0 Å². The van der Waals surface area contributed by atoms with Gasteiger partial charge < -0.3 is 10.4 Å². The van der Waals surface area contributed by atoms with Crippen LogP contribution in [-0.2, 0) is 0 Å². The smallest absolute Gasteiger partial charge is 0.269 e. The number of hydrogen-bond acceptors (Lipinski definition) is 5. The highest BCUT2D eigenvalue weighted by Crippen LogP contribution is 2.37. The molecule has 31 heavy (non-hydrogen) atoms. The van der Waals surface area contributed by atoms with Gasteiger partial charge in [-0.2, -0.15) is 0 Å². The number of anilines is 1. The summed E-state index contributed by atoms with van der Waals surface area (Å²) in [6.45, 7) is 3.61. The molecule has 0 saturated carbocycles. The lowest BCUT2D eigenvalue weighted by Gasteiger charge is -2.23. The average molecular weight is 417 g/mol. The molecule has 3 aromatic carbocycles. The van der Waals surface area contributed by atoms with Crippen LogP contribution < -0.4 is 5.32 Å². The molecule has 1 heterocycles. The van der Waals surface area contributed by atoms with E-state index in [4.69, 9.17) is 0 Å². The van der Waals surface area contributed by atoms with Gasteiger partial charge in [-0.25, -0.2) is 9.37 Å². The van der Waals surface area contributed by atoms with E-state index in [0.29, 0.717) is 22.3 Å². The van der Waals surface area contributed by atoms with Crippen LogP contribution in [0, 0.1) is 29.8 Å². The van der Waals surface area contributed by atoms with Gasteiger partial charge >= 0.3 is 0 Å². The molecule has 1 atom stereocenters. The summed E-state index contributed by atoms with van der Waals surface area (Å²) in [7, 11) is 0. The number of nitro groups is 1. The average Bonchev–Trinajstić information content (AvgIpc) is 2.75. The van der Waals surface area contributed by atoms with Crippen molar-refractivity contribution in [2.75, 3.05) is 5.32 Å². The first-order valence-corrected chi connectivity index (χ1v) is 9.70. The second-order valence-electron chi connectivity index (χ2n) is 7.41. The number of halogens is 1. The van der Waals surface area contributed by atoms with Crippen molar-refractivity contribution in [3.05, 3.63) is 105 Å². The van der Waals surface area contributed by atoms with Gasteiger partial charge in [-0.05, 0) is 49.2 Å². The van der Waals surface area contributed by atoms with Gasteiger partial charge in [0.05, 0.1) is 11.0 Å². The van der Waals surface area contributed by atoms with E-state index >= 15 is 0 Å². The zero-order valence-electron chi connectivity index (χ0n) is 17.0. The summed E-state index contributed by atoms with van der Waals surface area (Å²) in [4.78, 5) is 15.1. The molecule has 0 saturated heterocycles. The fourth-order valence-corrected chi connectivity index (χ4v) is 3.59. The third-order valence-electron chi connectivity index (χ3n) is 5.24. The van der Waals surface area contributed by atoms with Gasteiger partial charge in [0.2, 0.25) is 0 Å². The van der Waals surface area contributed by atoms with Crippen LogP contribution in [-0.4, -0.2) is 15.0 Å². The summed E-state index contributed by atoms with van der Waals surface area (Å²) in [6.07, 6.45) is 0. The van der Waals surface area contributed by atoms with Crippen molar-refractivity contribution in [2.45, 2.75) is 19.9 Å². The number of aromatic hydroxyl groups is 1. The van der Waals surface area contributed by atoms with E-state index in [-0.39, 0.29) is 17.3 Å². The minimum atomic E-state index is -0.535. The van der Waals surface area contributed by atoms with Gasteiger partial charge in [0, 0.05) is 34.5 Å². The van der Waals surface area contributed by atoms with E-state index in [2.05, 4.69) is 10.3 Å². The second-order valence-corrected chi connectivity index (χ2v) is 7.41. The SMILES string of the molecule is Cc1ccc2ccc(C(Nc3ccc([N+](=O)[O-])cc3C)c3ccc(F)cc3)c(O)c2n1. The first kappa shape index (κ1) is 20.3. The lowest BCUT2D eigenvalue weighted by atomic mass is 9.95. The third-order valence-corrected chi connectivity index (χ3v) is 5.24. The molecule has 6 nitrogen and oxygen atoms in total. The van der Waals surface area contributed by atoms with Gasteiger partial charge in [0.25, 0.3) is 5.69 Å². The zero-order valence-corrected chi connectivity index (χ0v) is 17.0. The van der Waals surface area contributed by atoms with Gasteiger partial charge in [0.15, 0.2) is 0 Å². The lowest BCUT2D eigenvalue weighted by Crippen LogP contribution is -2.14. The minimum absolute atomic E-state index is 0.00499. The largest absolute Gasteiger partial charge is 0.505 e. The van der Waals surface area contributed by atoms with Crippen molar-refractivity contribution in [2.24, 2.45) is 0 Å². The fourth-order valence-electron chi connectivity index (χ4n) is 3.59. The van der Waals surface area contributed by atoms with E-state index in [1.54, 1.807) is 31.2 Å². The number of fused-ring (bicyclic) bond motifs is 1. The van der Waals surface area contributed by atoms with E-state index in [1.807, 2.05) is 25.1 Å². The first-order valence-electron chi connectivity index (χ1n) is 9.70. The quantitative estimate of drug-likeness (QED) is 0.316. The van der Waals surface area contributed by atoms with Crippen LogP contribution in [0.2, 0.25) is 0 Å². The maximum atomic E-state index is 13.6. The van der Waals surface area contributed by atoms with Crippen LogP contribution in [0.5, 0.6) is 5.75 Å². The molecular formula is C24H20FN3O3. The number of nitrogens with one attached hydrogen (secondary N) is 1. The molecule has 0 fully saturated rings. The van der Waals surface area contributed by atoms with Crippen LogP contribution in [0.25, 0.3) is 10.9 Å². The molecule has 4 aromatic rings. The fraction of sp³-hybridized carbons (Fsp3) is 0.125. The molecular weight excluding hydrogens is 397 g/mol. The summed E-state index contributed by atoms with van der Waals surface area (Å²) < 4.78 is 13.6. The molecule has 0 aliphatic rings. The van der Waals surface area contributed by atoms with Crippen LogP contribution in [0.3, 0.4) is 0 Å². The van der Waals surface area contributed by atoms with Crippen molar-refractivity contribution < 1.29 is 14.4 Å². The normalized spacial score (nSPS) is 12.0. The van der Waals surface area contributed by atoms with Crippen molar-refractivity contribution >= 4 is 22.3 Å². The lowest BCUT2D eigenvalue weighted by molar-refractivity contribution is -0.384. The molecule has 156 valence electrons. The Bertz CT molecular complexity index is 1290. The number of rotatable bonds is 5. The van der Waals surface area contributed by atoms with Crippen molar-refractivity contribution in [3.8, 4) is 5.75 Å². The molecule has 1 aromatic heterocycles. The maximum absolute atomic E-state index is 13.6. The van der Waals surface area contributed by atoms with Gasteiger partial charge in [-0.15, -0.1) is 0 Å². The highest BCUT2D eigenvalue weighted by molar-refractivity contribution is 5.86. The summed E-state index contributed by atoms with van der Waals surface area (Å²) in [5.74, 6) is -0.336. The van der Waals surface area contributed by atoms with Crippen LogP contribution in [0.4, 0.5) is 15.8 Å². The molecule has 0 amide bonds. The Balaban J connectivity index is 1.84. The monoisotopic (exact) mass is 417 g/mol. The molecule has 0 spiro atoms. The van der Waals surface area contributed by atoms with E-state index in [1.165, 1.54) is 24.3 Å². The first-order chi connectivity index (χ1) is 14.8. The number of phenols is 1. The number of nitrogens with zero attached hydrogens (tertiary/aromatic N) is 2. The van der Waals surface area contributed by atoms with Crippen molar-refractivity contribution in [1.82, 2.24) is 4.98 Å². The Kier molecular flexibility index (Phi) is 5.25. The van der Waals surface area contributed by atoms with E-state index in [9.17, 15) is 19.6 Å². The molecule has 0 aliphatic heterocycles. The number of non-ortho nitro benzene ring substituents is 1. The highest BCUT2D eigenvalue weighted by Gasteiger charge is 2.21. The molecule has 2 N–H and O–H groups in total. The predicted molar refractivity (Wildman–Crippen MR) is 118 cm³/mol. The van der Waals surface area contributed by atoms with Crippen LogP contribution in [0.1, 0.15) is 28.4 Å². The number of pyridine rings is 1. The minimum Gasteiger partial charge on any atom is -0.505 e. The number of aromatic nitrogens is 1. The zero-order chi connectivity index (χ0) is 22.1. The summed E-state index contributed by atoms with van der Waals surface area (Å²) in [5.41, 5.74) is 3.88. The maximum Gasteiger partial charge on any atom is 0.269 e. The van der Waals surface area contributed by atoms with Gasteiger partial charge in [-0.3, -0.25) is 10.1 Å². The predicted octanol–water partition coefficient (Wildman–Crippen LogP) is 5.81. The molecule has 0 radical (unpaired) electrons. The van der Waals surface area contributed by atoms with Gasteiger partial charge in [0.1, 0.15) is 17.1 Å². The Morgan fingerprint density at radius 2 is 1.74 bits per heavy atom. The Hall–Kier alpha value is -4.00. The number of benzene rings is 3. The van der Waals surface area contributed by atoms with Crippen molar-refractivity contribution in [3.63, 3.8) is 0 Å². The van der Waals surface area contributed by atoms with E-state index < -0.39 is 11.0 Å². The number of phenolic OH excluding ortho intramolecular Hbond substituents is 1. The highest BCUT2D eigenvalue weighted by atomic mass is 19.1. The molecule has 1 unspecified atom stereocenters. The summed E-state index contributed by atoms with van der Waals surface area (Å²) >= 11 is 0. The molecule has 0 bridgehead atoms. The Morgan fingerprint density at radius 1 is 1.03 bits per heavy atom. The van der Waals surface area contributed by atoms with Crippen molar-refractivity contribution in [1.29, 1.82) is 0 Å². The number of aryl methyl sites for hydroxylation is 2. The Labute approximate surface area is 178 Å². The standard InChI is InChI=1S/C24H20FN3O3/c1-14-13-19(28(30)31)10-12-21(14)27-22(16-5-8-18(25)9-6-16)20-11-7-17-4-3-15(2)26-23(17)24(20)29/h3-13,22,27,29H,1-2H3. The third kappa shape index (κ3) is 4.02.